The molecule has 1 aromatic carbocycles. The molecule has 0 aliphatic heterocycles. The molecule has 2 nitrogen and oxygen atoms in total. The van der Waals surface area contributed by atoms with Gasteiger partial charge < -0.3 is 9.47 Å². The Kier molecular flexibility index (Phi) is 5.21. The fraction of sp³-hybridized carbons (Fsp3) is 0.625. The lowest BCUT2D eigenvalue weighted by atomic mass is 9.86. The van der Waals surface area contributed by atoms with Crippen molar-refractivity contribution < 1.29 is 9.47 Å². The number of hydrogen-bond acceptors (Lipinski definition) is 2. The molecule has 0 N–H and O–H groups in total. The van der Waals surface area contributed by atoms with Crippen LogP contribution in [0.3, 0.4) is 0 Å². The van der Waals surface area contributed by atoms with Gasteiger partial charge in [0.05, 0.1) is 18.8 Å². The third-order valence-electron chi connectivity index (χ3n) is 3.68. The van der Waals surface area contributed by atoms with Crippen LogP contribution in [0.1, 0.15) is 38.7 Å². The van der Waals surface area contributed by atoms with E-state index in [-0.39, 0.29) is 12.2 Å². The molecule has 2 rings (SSSR count). The molecule has 0 saturated heterocycles. The van der Waals surface area contributed by atoms with E-state index in [4.69, 9.17) is 9.47 Å². The lowest BCUT2D eigenvalue weighted by Gasteiger charge is -2.34. The van der Waals surface area contributed by atoms with Crippen molar-refractivity contribution in [2.45, 2.75) is 51.9 Å². The minimum Gasteiger partial charge on any atom is -0.376 e. The van der Waals surface area contributed by atoms with E-state index in [0.717, 1.165) is 25.4 Å². The SMILES string of the molecule is CCOC1CCC(C)CC1OCc1ccccc1. The van der Waals surface area contributed by atoms with Crippen LogP contribution in [-0.4, -0.2) is 18.8 Å². The second-order valence-electron chi connectivity index (χ2n) is 5.25. The Labute approximate surface area is 110 Å². The smallest absolute Gasteiger partial charge is 0.0843 e. The number of rotatable bonds is 5. The largest absolute Gasteiger partial charge is 0.376 e. The summed E-state index contributed by atoms with van der Waals surface area (Å²) in [6.07, 6.45) is 4.06. The van der Waals surface area contributed by atoms with Crippen LogP contribution in [-0.2, 0) is 16.1 Å². The summed E-state index contributed by atoms with van der Waals surface area (Å²) in [5.41, 5.74) is 1.24. The van der Waals surface area contributed by atoms with E-state index in [1.165, 1.54) is 12.0 Å². The van der Waals surface area contributed by atoms with Gasteiger partial charge in [-0.15, -0.1) is 0 Å². The van der Waals surface area contributed by atoms with Crippen LogP contribution in [0.5, 0.6) is 0 Å². The Balaban J connectivity index is 1.88. The van der Waals surface area contributed by atoms with Gasteiger partial charge in [0.2, 0.25) is 0 Å². The molecule has 0 heterocycles. The predicted octanol–water partition coefficient (Wildman–Crippen LogP) is 3.80. The summed E-state index contributed by atoms with van der Waals surface area (Å²) in [5.74, 6) is 0.752. The van der Waals surface area contributed by atoms with Gasteiger partial charge in [-0.2, -0.15) is 0 Å². The van der Waals surface area contributed by atoms with Crippen molar-refractivity contribution in [3.8, 4) is 0 Å². The molecule has 3 atom stereocenters. The first kappa shape index (κ1) is 13.6. The van der Waals surface area contributed by atoms with Crippen molar-refractivity contribution in [3.05, 3.63) is 35.9 Å². The van der Waals surface area contributed by atoms with Crippen LogP contribution >= 0.6 is 0 Å². The van der Waals surface area contributed by atoms with Crippen molar-refractivity contribution in [2.75, 3.05) is 6.61 Å². The van der Waals surface area contributed by atoms with E-state index in [0.29, 0.717) is 6.61 Å². The van der Waals surface area contributed by atoms with Crippen LogP contribution in [0.25, 0.3) is 0 Å². The third kappa shape index (κ3) is 3.82. The molecule has 1 saturated carbocycles. The molecule has 2 heteroatoms. The maximum atomic E-state index is 6.08. The van der Waals surface area contributed by atoms with Crippen LogP contribution in [0.4, 0.5) is 0 Å². The molecule has 0 bridgehead atoms. The zero-order valence-electron chi connectivity index (χ0n) is 11.5. The molecule has 1 aliphatic rings. The highest BCUT2D eigenvalue weighted by atomic mass is 16.5. The lowest BCUT2D eigenvalue weighted by Crippen LogP contribution is -2.37. The second kappa shape index (κ2) is 6.91. The Morgan fingerprint density at radius 1 is 1.06 bits per heavy atom. The Hall–Kier alpha value is -0.860. The molecule has 0 aromatic heterocycles. The van der Waals surface area contributed by atoms with E-state index in [1.807, 2.05) is 6.07 Å². The fourth-order valence-electron chi connectivity index (χ4n) is 2.66. The van der Waals surface area contributed by atoms with E-state index in [2.05, 4.69) is 38.1 Å². The third-order valence-corrected chi connectivity index (χ3v) is 3.68. The molecule has 1 aliphatic carbocycles. The summed E-state index contributed by atoms with van der Waals surface area (Å²) < 4.78 is 11.9. The molecule has 1 fully saturated rings. The minimum atomic E-state index is 0.258. The van der Waals surface area contributed by atoms with Gasteiger partial charge in [0.1, 0.15) is 0 Å². The van der Waals surface area contributed by atoms with E-state index < -0.39 is 0 Å². The molecular formula is C16H24O2. The van der Waals surface area contributed by atoms with Crippen molar-refractivity contribution in [3.63, 3.8) is 0 Å². The van der Waals surface area contributed by atoms with Crippen LogP contribution in [0.15, 0.2) is 30.3 Å². The summed E-state index contributed by atoms with van der Waals surface area (Å²) in [4.78, 5) is 0. The predicted molar refractivity (Wildman–Crippen MR) is 73.4 cm³/mol. The standard InChI is InChI=1S/C16H24O2/c1-3-17-15-10-9-13(2)11-16(15)18-12-14-7-5-4-6-8-14/h4-8,13,15-16H,3,9-12H2,1-2H3. The van der Waals surface area contributed by atoms with Crippen LogP contribution < -0.4 is 0 Å². The number of hydrogen-bond donors (Lipinski definition) is 0. The highest BCUT2D eigenvalue weighted by Gasteiger charge is 2.29. The quantitative estimate of drug-likeness (QED) is 0.789. The lowest BCUT2D eigenvalue weighted by molar-refractivity contribution is -0.104. The molecule has 1 aromatic rings. The number of benzene rings is 1. The van der Waals surface area contributed by atoms with E-state index >= 15 is 0 Å². The summed E-state index contributed by atoms with van der Waals surface area (Å²) >= 11 is 0. The Morgan fingerprint density at radius 2 is 1.83 bits per heavy atom. The van der Waals surface area contributed by atoms with Gasteiger partial charge >= 0.3 is 0 Å². The summed E-state index contributed by atoms with van der Waals surface area (Å²) in [6.45, 7) is 5.85. The van der Waals surface area contributed by atoms with Gasteiger partial charge in [-0.25, -0.2) is 0 Å². The average molecular weight is 248 g/mol. The van der Waals surface area contributed by atoms with Crippen molar-refractivity contribution in [1.82, 2.24) is 0 Å². The normalized spacial score (nSPS) is 28.2. The van der Waals surface area contributed by atoms with Gasteiger partial charge in [-0.05, 0) is 37.7 Å². The molecule has 0 amide bonds. The molecule has 18 heavy (non-hydrogen) atoms. The Morgan fingerprint density at radius 3 is 2.56 bits per heavy atom. The number of ether oxygens (including phenoxy) is 2. The highest BCUT2D eigenvalue weighted by molar-refractivity contribution is 5.13. The molecule has 100 valence electrons. The monoisotopic (exact) mass is 248 g/mol. The second-order valence-corrected chi connectivity index (χ2v) is 5.25. The fourth-order valence-corrected chi connectivity index (χ4v) is 2.66. The highest BCUT2D eigenvalue weighted by Crippen LogP contribution is 2.28. The van der Waals surface area contributed by atoms with Gasteiger partial charge in [0, 0.05) is 6.61 Å². The average Bonchev–Trinajstić information content (AvgIpc) is 2.40. The van der Waals surface area contributed by atoms with E-state index in [1.54, 1.807) is 0 Å². The first-order chi connectivity index (χ1) is 8.79. The summed E-state index contributed by atoms with van der Waals surface area (Å²) in [7, 11) is 0. The minimum absolute atomic E-state index is 0.258. The van der Waals surface area contributed by atoms with Crippen LogP contribution in [0, 0.1) is 5.92 Å². The van der Waals surface area contributed by atoms with Gasteiger partial charge in [0.15, 0.2) is 0 Å². The first-order valence-corrected chi connectivity index (χ1v) is 7.06. The Bertz CT molecular complexity index is 336. The summed E-state index contributed by atoms with van der Waals surface area (Å²) in [5, 5.41) is 0. The van der Waals surface area contributed by atoms with Crippen molar-refractivity contribution >= 4 is 0 Å². The topological polar surface area (TPSA) is 18.5 Å². The summed E-state index contributed by atoms with van der Waals surface area (Å²) in [6, 6.07) is 10.4. The van der Waals surface area contributed by atoms with E-state index in [9.17, 15) is 0 Å². The van der Waals surface area contributed by atoms with Gasteiger partial charge in [0.25, 0.3) is 0 Å². The molecule has 3 unspecified atom stereocenters. The first-order valence-electron chi connectivity index (χ1n) is 7.06. The van der Waals surface area contributed by atoms with Crippen LogP contribution in [0.2, 0.25) is 0 Å². The molecule has 0 radical (unpaired) electrons. The van der Waals surface area contributed by atoms with Crippen molar-refractivity contribution in [2.24, 2.45) is 5.92 Å². The zero-order chi connectivity index (χ0) is 12.8. The van der Waals surface area contributed by atoms with Gasteiger partial charge in [-0.3, -0.25) is 0 Å². The van der Waals surface area contributed by atoms with Gasteiger partial charge in [-0.1, -0.05) is 37.3 Å². The molecule has 0 spiro atoms. The maximum absolute atomic E-state index is 6.08. The molecular weight excluding hydrogens is 224 g/mol. The van der Waals surface area contributed by atoms with Crippen molar-refractivity contribution in [1.29, 1.82) is 0 Å². The zero-order valence-corrected chi connectivity index (χ0v) is 11.5. The maximum Gasteiger partial charge on any atom is 0.0843 e.